The van der Waals surface area contributed by atoms with E-state index in [4.69, 9.17) is 4.98 Å². The number of hydrogen-bond acceptors (Lipinski definition) is 1. The van der Waals surface area contributed by atoms with Gasteiger partial charge in [-0.25, -0.2) is 4.98 Å². The number of rotatable bonds is 3. The summed E-state index contributed by atoms with van der Waals surface area (Å²) in [5.41, 5.74) is 13.3. The van der Waals surface area contributed by atoms with Gasteiger partial charge >= 0.3 is 0 Å². The highest BCUT2D eigenvalue weighted by atomic mass is 15.1. The summed E-state index contributed by atoms with van der Waals surface area (Å²) in [7, 11) is 0. The number of aromatic nitrogens is 2. The van der Waals surface area contributed by atoms with Crippen molar-refractivity contribution in [2.45, 2.75) is 32.1 Å². The number of para-hydroxylation sites is 2. The molecule has 0 N–H and O–H groups in total. The molecule has 0 radical (unpaired) electrons. The van der Waals surface area contributed by atoms with Gasteiger partial charge in [-0.05, 0) is 89.9 Å². The van der Waals surface area contributed by atoms with Gasteiger partial charge in [0.05, 0.1) is 16.7 Å². The van der Waals surface area contributed by atoms with E-state index in [1.54, 1.807) is 0 Å². The molecule has 0 amide bonds. The molecule has 36 heavy (non-hydrogen) atoms. The molecule has 0 fully saturated rings. The van der Waals surface area contributed by atoms with Crippen LogP contribution in [0.4, 0.5) is 0 Å². The van der Waals surface area contributed by atoms with E-state index in [-0.39, 0.29) is 0 Å². The lowest BCUT2D eigenvalue weighted by Crippen LogP contribution is -2.28. The number of nitrogens with zero attached hydrogens (tertiary/aromatic N) is 2. The Morgan fingerprint density at radius 1 is 1.03 bits per heavy atom. The summed E-state index contributed by atoms with van der Waals surface area (Å²) in [6.07, 6.45) is 13.3. The lowest BCUT2D eigenvalue weighted by atomic mass is 9.71. The minimum absolute atomic E-state index is 0.419. The second-order valence-corrected chi connectivity index (χ2v) is 10.1. The van der Waals surface area contributed by atoms with Crippen LogP contribution >= 0.6 is 0 Å². The lowest BCUT2D eigenvalue weighted by Gasteiger charge is -2.29. The number of benzene rings is 3. The topological polar surface area (TPSA) is 17.8 Å². The Morgan fingerprint density at radius 3 is 2.72 bits per heavy atom. The molecule has 3 aromatic carbocycles. The van der Waals surface area contributed by atoms with Gasteiger partial charge in [-0.2, -0.15) is 0 Å². The molecule has 1 unspecified atom stereocenters. The smallest absolute Gasteiger partial charge is 0.134 e. The minimum atomic E-state index is -0.419. The molecule has 0 saturated carbocycles. The third-order valence-corrected chi connectivity index (χ3v) is 7.85. The first-order valence-electron chi connectivity index (χ1n) is 12.8. The number of allylic oxidation sites excluding steroid dienone is 9. The molecular weight excluding hydrogens is 436 g/mol. The molecule has 1 spiro atoms. The highest BCUT2D eigenvalue weighted by molar-refractivity contribution is 5.93. The maximum Gasteiger partial charge on any atom is 0.134 e. The first kappa shape index (κ1) is 21.1. The van der Waals surface area contributed by atoms with Gasteiger partial charge < -0.3 is 0 Å². The first-order valence-corrected chi connectivity index (χ1v) is 12.8. The van der Waals surface area contributed by atoms with Crippen molar-refractivity contribution in [3.05, 3.63) is 143 Å². The van der Waals surface area contributed by atoms with Crippen molar-refractivity contribution in [3.63, 3.8) is 0 Å². The Bertz CT molecular complexity index is 1720. The first-order chi connectivity index (χ1) is 17.6. The molecule has 174 valence electrons. The van der Waals surface area contributed by atoms with E-state index < -0.39 is 5.41 Å². The van der Waals surface area contributed by atoms with Gasteiger partial charge in [0.1, 0.15) is 11.2 Å². The van der Waals surface area contributed by atoms with Crippen molar-refractivity contribution in [2.24, 2.45) is 0 Å². The van der Waals surface area contributed by atoms with E-state index in [9.17, 15) is 0 Å². The van der Waals surface area contributed by atoms with Crippen LogP contribution in [0.1, 0.15) is 54.8 Å². The maximum atomic E-state index is 5.34. The van der Waals surface area contributed by atoms with Crippen molar-refractivity contribution >= 4 is 22.2 Å². The average Bonchev–Trinajstić information content (AvgIpc) is 3.51. The SMILES string of the molecule is C=C(C)/C=C(\C=C/C)c1ccc2c(c1)C1(C3=C(CCC=C3)c3ccccc31)c1nc3ccccc3n1-2. The molecule has 1 aromatic heterocycles. The summed E-state index contributed by atoms with van der Waals surface area (Å²) in [6.45, 7) is 8.27. The summed E-state index contributed by atoms with van der Waals surface area (Å²) in [6, 6.07) is 24.5. The fraction of sp³-hybridized carbons (Fsp3) is 0.147. The second kappa shape index (κ2) is 7.66. The Morgan fingerprint density at radius 2 is 1.86 bits per heavy atom. The van der Waals surface area contributed by atoms with Crippen LogP contribution in [-0.4, -0.2) is 9.55 Å². The average molecular weight is 465 g/mol. The van der Waals surface area contributed by atoms with Crippen LogP contribution in [-0.2, 0) is 5.41 Å². The number of hydrogen-bond donors (Lipinski definition) is 0. The second-order valence-electron chi connectivity index (χ2n) is 10.1. The van der Waals surface area contributed by atoms with E-state index in [0.717, 1.165) is 35.3 Å². The quantitative estimate of drug-likeness (QED) is 0.279. The Labute approximate surface area is 212 Å². The molecule has 3 aliphatic rings. The number of fused-ring (bicyclic) bond motifs is 11. The molecule has 0 saturated heterocycles. The molecule has 7 rings (SSSR count). The van der Waals surface area contributed by atoms with Crippen LogP contribution in [0.2, 0.25) is 0 Å². The molecule has 4 aromatic rings. The Hall–Kier alpha value is -4.17. The molecule has 2 aliphatic carbocycles. The summed E-state index contributed by atoms with van der Waals surface area (Å²) in [5.74, 6) is 1.11. The Kier molecular flexibility index (Phi) is 4.50. The van der Waals surface area contributed by atoms with Crippen LogP contribution in [0.25, 0.3) is 27.9 Å². The molecule has 2 heteroatoms. The Balaban J connectivity index is 1.63. The van der Waals surface area contributed by atoms with Gasteiger partial charge in [-0.3, -0.25) is 4.57 Å². The molecule has 1 atom stereocenters. The summed E-state index contributed by atoms with van der Waals surface area (Å²) in [4.78, 5) is 5.34. The molecule has 0 bridgehead atoms. The fourth-order valence-corrected chi connectivity index (χ4v) is 6.57. The zero-order chi connectivity index (χ0) is 24.4. The van der Waals surface area contributed by atoms with Gasteiger partial charge in [-0.15, -0.1) is 0 Å². The van der Waals surface area contributed by atoms with E-state index in [0.29, 0.717) is 0 Å². The van der Waals surface area contributed by atoms with Crippen LogP contribution in [0.3, 0.4) is 0 Å². The summed E-state index contributed by atoms with van der Waals surface area (Å²) >= 11 is 0. The van der Waals surface area contributed by atoms with Crippen LogP contribution in [0, 0.1) is 0 Å². The maximum absolute atomic E-state index is 5.34. The standard InChI is InChI=1S/C34H28N2/c1-4-11-23(20-22(2)3)24-18-19-31-29(21-24)34(33-35-30-16-9-10-17-32(30)36(31)33)27-14-7-5-12-25(27)26-13-6-8-15-28(26)34/h4-5,7-12,14-21H,2,6,13H2,1,3H3/b11-4-,23-20+. The van der Waals surface area contributed by atoms with Crippen LogP contribution in [0.15, 0.2) is 115 Å². The summed E-state index contributed by atoms with van der Waals surface area (Å²) < 4.78 is 2.40. The van der Waals surface area contributed by atoms with Gasteiger partial charge in [0.2, 0.25) is 0 Å². The van der Waals surface area contributed by atoms with Gasteiger partial charge in [0.25, 0.3) is 0 Å². The highest BCUT2D eigenvalue weighted by Crippen LogP contribution is 2.61. The third kappa shape index (κ3) is 2.64. The zero-order valence-corrected chi connectivity index (χ0v) is 20.8. The van der Waals surface area contributed by atoms with E-state index in [1.165, 1.54) is 44.7 Å². The van der Waals surface area contributed by atoms with E-state index in [2.05, 4.69) is 122 Å². The van der Waals surface area contributed by atoms with Crippen molar-refractivity contribution in [1.29, 1.82) is 0 Å². The molecule has 2 heterocycles. The minimum Gasteiger partial charge on any atom is -0.295 e. The summed E-state index contributed by atoms with van der Waals surface area (Å²) in [5, 5.41) is 0. The van der Waals surface area contributed by atoms with E-state index in [1.807, 2.05) is 0 Å². The predicted octanol–water partition coefficient (Wildman–Crippen LogP) is 8.33. The lowest BCUT2D eigenvalue weighted by molar-refractivity contribution is 0.728. The molecular formula is C34H28N2. The molecule has 2 nitrogen and oxygen atoms in total. The van der Waals surface area contributed by atoms with E-state index >= 15 is 0 Å². The largest absolute Gasteiger partial charge is 0.295 e. The van der Waals surface area contributed by atoms with Crippen molar-refractivity contribution in [3.8, 4) is 5.69 Å². The monoisotopic (exact) mass is 464 g/mol. The van der Waals surface area contributed by atoms with Crippen molar-refractivity contribution < 1.29 is 0 Å². The molecule has 1 aliphatic heterocycles. The van der Waals surface area contributed by atoms with Gasteiger partial charge in [-0.1, -0.05) is 85.0 Å². The van der Waals surface area contributed by atoms with Crippen molar-refractivity contribution in [1.82, 2.24) is 9.55 Å². The van der Waals surface area contributed by atoms with Crippen molar-refractivity contribution in [2.75, 3.05) is 0 Å². The van der Waals surface area contributed by atoms with Crippen LogP contribution in [0.5, 0.6) is 0 Å². The fourth-order valence-electron chi connectivity index (χ4n) is 6.57. The van der Waals surface area contributed by atoms with Crippen LogP contribution < -0.4 is 0 Å². The van der Waals surface area contributed by atoms with Gasteiger partial charge in [0, 0.05) is 0 Å². The normalized spacial score (nSPS) is 19.8. The number of imidazole rings is 1. The predicted molar refractivity (Wildman–Crippen MR) is 150 cm³/mol. The highest BCUT2D eigenvalue weighted by Gasteiger charge is 2.54. The van der Waals surface area contributed by atoms with Gasteiger partial charge in [0.15, 0.2) is 0 Å². The zero-order valence-electron chi connectivity index (χ0n) is 20.8. The third-order valence-electron chi connectivity index (χ3n) is 7.85.